The number of ether oxygens (including phenoxy) is 14. The van der Waals surface area contributed by atoms with Gasteiger partial charge in [-0.3, -0.25) is 38.9 Å². The van der Waals surface area contributed by atoms with Gasteiger partial charge in [-0.1, -0.05) is 54.6 Å². The van der Waals surface area contributed by atoms with Gasteiger partial charge in [0.1, 0.15) is 43.3 Å². The number of non-ortho nitro benzene ring substituents is 1. The molecule has 1 N–H and O–H groups in total. The fraction of sp³-hybridized carbons (Fsp3) is 0.421. The highest BCUT2D eigenvalue weighted by Crippen LogP contribution is 2.39. The molecule has 1 amide bonds. The second kappa shape index (κ2) is 28.9. The van der Waals surface area contributed by atoms with E-state index in [1.165, 1.54) is 67.6 Å². The van der Waals surface area contributed by atoms with Crippen LogP contribution < -0.4 is 10.1 Å². The van der Waals surface area contributed by atoms with Crippen LogP contribution in [0.25, 0.3) is 0 Å². The highest BCUT2D eigenvalue weighted by atomic mass is 16.8. The van der Waals surface area contributed by atoms with Crippen molar-refractivity contribution < 1.29 is 114 Å². The van der Waals surface area contributed by atoms with Crippen molar-refractivity contribution in [3.8, 4) is 5.75 Å². The molecule has 7 rings (SSSR count). The summed E-state index contributed by atoms with van der Waals surface area (Å²) in [7, 11) is 0. The van der Waals surface area contributed by atoms with E-state index in [-0.39, 0.29) is 28.1 Å². The molecule has 3 saturated heterocycles. The van der Waals surface area contributed by atoms with E-state index in [1.807, 2.05) is 0 Å². The van der Waals surface area contributed by atoms with Crippen LogP contribution in [-0.2, 0) is 90.3 Å². The summed E-state index contributed by atoms with van der Waals surface area (Å²) in [4.78, 5) is 131. The molecule has 27 nitrogen and oxygen atoms in total. The highest BCUT2D eigenvalue weighted by molar-refractivity contribution is 5.91. The first-order valence-electron chi connectivity index (χ1n) is 26.1. The van der Waals surface area contributed by atoms with Gasteiger partial charge >= 0.3 is 47.8 Å². The Labute approximate surface area is 479 Å². The zero-order chi connectivity index (χ0) is 60.8. The summed E-state index contributed by atoms with van der Waals surface area (Å²) in [6, 6.07) is 25.9. The third kappa shape index (κ3) is 16.6. The lowest BCUT2D eigenvalue weighted by Gasteiger charge is -2.50. The summed E-state index contributed by atoms with van der Waals surface area (Å²) in [6.07, 6.45) is -25.4. The molecule has 0 bridgehead atoms. The van der Waals surface area contributed by atoms with Crippen LogP contribution in [0.2, 0.25) is 0 Å². The number of nitrogens with zero attached hydrogens (tertiary/aromatic N) is 1. The molecule has 3 heterocycles. The number of nitro benzene ring substituents is 1. The van der Waals surface area contributed by atoms with Crippen molar-refractivity contribution >= 4 is 59.3 Å². The summed E-state index contributed by atoms with van der Waals surface area (Å²) < 4.78 is 85.8. The van der Waals surface area contributed by atoms with E-state index < -0.39 is 164 Å². The molecule has 3 fully saturated rings. The molecule has 15 unspecified atom stereocenters. The zero-order valence-electron chi connectivity index (χ0n) is 46.2. The maximum Gasteiger partial charge on any atom is 0.338 e. The van der Waals surface area contributed by atoms with E-state index in [9.17, 15) is 53.3 Å². The summed E-state index contributed by atoms with van der Waals surface area (Å²) in [5, 5.41) is 14.1. The predicted octanol–water partition coefficient (Wildman–Crippen LogP) is 4.04. The van der Waals surface area contributed by atoms with Gasteiger partial charge in [-0.05, 0) is 55.5 Å². The van der Waals surface area contributed by atoms with E-state index in [4.69, 9.17) is 66.3 Å². The first kappa shape index (κ1) is 62.7. The smallest absolute Gasteiger partial charge is 0.338 e. The minimum Gasteiger partial charge on any atom is -0.463 e. The lowest BCUT2D eigenvalue weighted by Crippen LogP contribution is -2.70. The minimum atomic E-state index is -2.12. The van der Waals surface area contributed by atoms with Crippen molar-refractivity contribution in [3.05, 3.63) is 142 Å². The van der Waals surface area contributed by atoms with Crippen molar-refractivity contribution in [3.63, 3.8) is 0 Å². The number of hydrogen-bond donors (Lipinski definition) is 1. The van der Waals surface area contributed by atoms with Crippen LogP contribution in [0.1, 0.15) is 79.5 Å². The number of amides is 1. The molecule has 4 aromatic carbocycles. The van der Waals surface area contributed by atoms with Crippen LogP contribution in [-0.4, -0.2) is 164 Å². The lowest BCUT2D eigenvalue weighted by molar-refractivity contribution is -0.385. The van der Waals surface area contributed by atoms with Gasteiger partial charge < -0.3 is 71.6 Å². The van der Waals surface area contributed by atoms with Gasteiger partial charge in [0.05, 0.1) is 27.7 Å². The van der Waals surface area contributed by atoms with E-state index in [1.54, 1.807) is 42.5 Å². The number of esters is 8. The van der Waals surface area contributed by atoms with Crippen molar-refractivity contribution in [1.82, 2.24) is 5.32 Å². The van der Waals surface area contributed by atoms with Crippen molar-refractivity contribution in [2.24, 2.45) is 0 Å². The third-order valence-electron chi connectivity index (χ3n) is 12.8. The molecular formula is C57H60N2O25. The fourth-order valence-electron chi connectivity index (χ4n) is 9.24. The molecule has 0 radical (unpaired) electrons. The van der Waals surface area contributed by atoms with Gasteiger partial charge in [0.2, 0.25) is 12.2 Å². The molecule has 3 aliphatic rings. The van der Waals surface area contributed by atoms with Crippen molar-refractivity contribution in [2.75, 3.05) is 13.2 Å². The lowest BCUT2D eigenvalue weighted by atomic mass is 9.94. The number of nitrogens with one attached hydrogen (secondary N) is 1. The Hall–Kier alpha value is -8.89. The second-order valence-corrected chi connectivity index (χ2v) is 19.1. The molecule has 0 saturated carbocycles. The quantitative estimate of drug-likeness (QED) is 0.0532. The number of benzene rings is 4. The molecule has 3 aliphatic heterocycles. The van der Waals surface area contributed by atoms with Crippen molar-refractivity contribution in [2.45, 2.75) is 141 Å². The summed E-state index contributed by atoms with van der Waals surface area (Å²) in [5.74, 6) is -8.54. The number of hydrogen-bond acceptors (Lipinski definition) is 25. The van der Waals surface area contributed by atoms with Gasteiger partial charge in [-0.25, -0.2) is 14.4 Å². The average Bonchev–Trinajstić information content (AvgIpc) is 1.51. The van der Waals surface area contributed by atoms with Gasteiger partial charge in [0.25, 0.3) is 5.69 Å². The standard InChI is InChI=1S/C57H60N2O25/c1-29-44(80-52(66)36-17-11-8-12-18-36)48(81-53(67)37-19-13-9-14-20-37)50(82-54(68)38-21-15-10-16-22-38)56(73-29)84-51-49(76-35(7)65)46(74-33(5)63)42(28-72-32(4)62)79-57(51)83-45-41(27-71-31(3)61)78-55(43(58-30(2)60)47(45)75-34(6)64)77-40-25-23-39(24-26-40)59(69)70/h8-26,29,41-51,55-57H,27-28H2,1-7H3,(H,58,60). The molecular weight excluding hydrogens is 1110 g/mol. The van der Waals surface area contributed by atoms with Gasteiger partial charge in [-0.15, -0.1) is 0 Å². The van der Waals surface area contributed by atoms with E-state index in [0.717, 1.165) is 53.7 Å². The molecule has 0 aliphatic carbocycles. The Morgan fingerprint density at radius 1 is 0.452 bits per heavy atom. The molecule has 84 heavy (non-hydrogen) atoms. The molecule has 0 aromatic heterocycles. The maximum absolute atomic E-state index is 14.4. The second-order valence-electron chi connectivity index (χ2n) is 19.1. The Balaban J connectivity index is 1.40. The molecule has 27 heteroatoms. The van der Waals surface area contributed by atoms with Crippen molar-refractivity contribution in [1.29, 1.82) is 0 Å². The van der Waals surface area contributed by atoms with E-state index in [0.29, 0.717) is 0 Å². The first-order valence-corrected chi connectivity index (χ1v) is 26.1. The number of carbonyl (C=O) groups excluding carboxylic acids is 9. The number of nitro groups is 1. The fourth-order valence-corrected chi connectivity index (χ4v) is 9.24. The molecule has 4 aromatic rings. The Morgan fingerprint density at radius 3 is 1.32 bits per heavy atom. The topological polar surface area (TPSA) is 338 Å². The van der Waals surface area contributed by atoms with Gasteiger partial charge in [0.15, 0.2) is 55.3 Å². The Kier molecular flexibility index (Phi) is 21.6. The first-order chi connectivity index (χ1) is 40.1. The average molecular weight is 1170 g/mol. The number of rotatable bonds is 21. The van der Waals surface area contributed by atoms with Crippen LogP contribution >= 0.6 is 0 Å². The van der Waals surface area contributed by atoms with Gasteiger partial charge in [0, 0.05) is 53.7 Å². The highest BCUT2D eigenvalue weighted by Gasteiger charge is 2.60. The largest absolute Gasteiger partial charge is 0.463 e. The van der Waals surface area contributed by atoms with Crippen LogP contribution in [0.5, 0.6) is 5.75 Å². The normalized spacial score (nSPS) is 27.2. The third-order valence-corrected chi connectivity index (χ3v) is 12.8. The Bertz CT molecular complexity index is 2980. The summed E-state index contributed by atoms with van der Waals surface area (Å²) in [5.41, 5.74) is -0.289. The minimum absolute atomic E-state index is 0.000730. The SMILES string of the molecule is CC(=O)NC1C(Oc2ccc([N+](=O)[O-])cc2)OC(COC(C)=O)C(OC2OC(COC(C)=O)C(OC(C)=O)C(OC(C)=O)C2OC2OC(C)C(OC(=O)c3ccccc3)C(OC(=O)c3ccccc3)C2OC(=O)c2ccccc2)C1OC(C)=O. The zero-order valence-corrected chi connectivity index (χ0v) is 46.2. The summed E-state index contributed by atoms with van der Waals surface area (Å²) >= 11 is 0. The van der Waals surface area contributed by atoms with Crippen LogP contribution in [0.15, 0.2) is 115 Å². The van der Waals surface area contributed by atoms with E-state index >= 15 is 0 Å². The number of carbonyl (C=O) groups is 9. The van der Waals surface area contributed by atoms with Crippen LogP contribution in [0, 0.1) is 10.1 Å². The Morgan fingerprint density at radius 2 is 0.857 bits per heavy atom. The monoisotopic (exact) mass is 1170 g/mol. The van der Waals surface area contributed by atoms with Gasteiger partial charge in [-0.2, -0.15) is 0 Å². The van der Waals surface area contributed by atoms with E-state index in [2.05, 4.69) is 5.32 Å². The molecule has 0 spiro atoms. The molecule has 15 atom stereocenters. The predicted molar refractivity (Wildman–Crippen MR) is 280 cm³/mol. The molecule has 448 valence electrons. The van der Waals surface area contributed by atoms with Crippen LogP contribution in [0.3, 0.4) is 0 Å². The maximum atomic E-state index is 14.4. The van der Waals surface area contributed by atoms with Crippen LogP contribution in [0.4, 0.5) is 5.69 Å². The summed E-state index contributed by atoms with van der Waals surface area (Å²) in [6.45, 7) is 6.12.